The maximum absolute atomic E-state index is 12.7. The lowest BCUT2D eigenvalue weighted by molar-refractivity contribution is -0.123. The topological polar surface area (TPSA) is 44.8 Å². The van der Waals surface area contributed by atoms with Crippen molar-refractivity contribution in [3.63, 3.8) is 0 Å². The molecule has 23 heavy (non-hydrogen) atoms. The zero-order valence-electron chi connectivity index (χ0n) is 14.2. The minimum absolute atomic E-state index is 0.00694. The van der Waals surface area contributed by atoms with E-state index in [1.54, 1.807) is 0 Å². The fourth-order valence-corrected chi connectivity index (χ4v) is 3.49. The molecule has 2 aliphatic heterocycles. The lowest BCUT2D eigenvalue weighted by Gasteiger charge is -2.46. The molecule has 5 nitrogen and oxygen atoms in total. The number of piperidine rings is 1. The molecule has 0 aromatic heterocycles. The maximum Gasteiger partial charge on any atom is 0.322 e. The number of morpholine rings is 1. The largest absolute Gasteiger partial charge is 0.371 e. The van der Waals surface area contributed by atoms with Crippen molar-refractivity contribution in [2.75, 3.05) is 45.2 Å². The number of rotatable bonds is 2. The first-order valence-corrected chi connectivity index (χ1v) is 8.58. The molecule has 2 heterocycles. The molecule has 0 saturated carbocycles. The normalized spacial score (nSPS) is 21.4. The number of likely N-dealkylation sites (tertiary alicyclic amines) is 1. The molecular weight excluding hydrogens is 290 g/mol. The van der Waals surface area contributed by atoms with Crippen LogP contribution in [-0.2, 0) is 11.2 Å². The first-order chi connectivity index (χ1) is 11.1. The van der Waals surface area contributed by atoms with Crippen LogP contribution in [0.2, 0.25) is 0 Å². The quantitative estimate of drug-likeness (QED) is 0.912. The van der Waals surface area contributed by atoms with Gasteiger partial charge in [-0.2, -0.15) is 0 Å². The van der Waals surface area contributed by atoms with Crippen molar-refractivity contribution >= 4 is 11.7 Å². The van der Waals surface area contributed by atoms with Gasteiger partial charge in [-0.15, -0.1) is 0 Å². The van der Waals surface area contributed by atoms with Gasteiger partial charge in [-0.3, -0.25) is 0 Å². The fourth-order valence-electron chi connectivity index (χ4n) is 3.49. The number of urea groups is 1. The molecular formula is C18H27N3O2. The predicted molar refractivity (Wildman–Crippen MR) is 91.8 cm³/mol. The van der Waals surface area contributed by atoms with Gasteiger partial charge < -0.3 is 19.9 Å². The van der Waals surface area contributed by atoms with Crippen LogP contribution in [0.5, 0.6) is 0 Å². The summed E-state index contributed by atoms with van der Waals surface area (Å²) in [4.78, 5) is 16.9. The van der Waals surface area contributed by atoms with Crippen LogP contribution in [0.4, 0.5) is 10.5 Å². The van der Waals surface area contributed by atoms with Gasteiger partial charge in [0.05, 0.1) is 18.8 Å². The van der Waals surface area contributed by atoms with Crippen molar-refractivity contribution in [1.29, 1.82) is 0 Å². The average Bonchev–Trinajstić information content (AvgIpc) is 2.58. The second kappa shape index (κ2) is 6.89. The summed E-state index contributed by atoms with van der Waals surface area (Å²) in [6.07, 6.45) is 2.91. The molecule has 5 heteroatoms. The van der Waals surface area contributed by atoms with E-state index >= 15 is 0 Å². The van der Waals surface area contributed by atoms with Crippen molar-refractivity contribution in [3.05, 3.63) is 29.8 Å². The molecule has 2 saturated heterocycles. The van der Waals surface area contributed by atoms with Gasteiger partial charge in [0.2, 0.25) is 0 Å². The number of hydrogen-bond acceptors (Lipinski definition) is 3. The number of ether oxygens (including phenoxy) is 1. The van der Waals surface area contributed by atoms with Gasteiger partial charge in [-0.05, 0) is 37.9 Å². The summed E-state index contributed by atoms with van der Waals surface area (Å²) in [5, 5.41) is 3.08. The van der Waals surface area contributed by atoms with E-state index in [9.17, 15) is 4.79 Å². The van der Waals surface area contributed by atoms with Crippen LogP contribution in [0.3, 0.4) is 0 Å². The van der Waals surface area contributed by atoms with E-state index in [2.05, 4.69) is 30.3 Å². The van der Waals surface area contributed by atoms with E-state index in [0.717, 1.165) is 38.0 Å². The number of aryl methyl sites for hydroxylation is 1. The van der Waals surface area contributed by atoms with Crippen LogP contribution in [0.15, 0.2) is 24.3 Å². The molecule has 1 N–H and O–H groups in total. The van der Waals surface area contributed by atoms with Gasteiger partial charge in [0.25, 0.3) is 0 Å². The Bertz CT molecular complexity index is 553. The molecule has 2 fully saturated rings. The Morgan fingerprint density at radius 2 is 2.00 bits per heavy atom. The van der Waals surface area contributed by atoms with Crippen molar-refractivity contribution in [2.45, 2.75) is 31.8 Å². The van der Waals surface area contributed by atoms with Crippen molar-refractivity contribution < 1.29 is 9.53 Å². The predicted octanol–water partition coefficient (Wildman–Crippen LogP) is 2.58. The Labute approximate surface area is 138 Å². The second-order valence-corrected chi connectivity index (χ2v) is 6.70. The highest BCUT2D eigenvalue weighted by Gasteiger charge is 2.40. The smallest absolute Gasteiger partial charge is 0.322 e. The summed E-state index contributed by atoms with van der Waals surface area (Å²) in [7, 11) is 2.14. The summed E-state index contributed by atoms with van der Waals surface area (Å²) < 4.78 is 6.08. The first-order valence-electron chi connectivity index (χ1n) is 8.58. The molecule has 1 spiro atoms. The lowest BCUT2D eigenvalue weighted by atomic mass is 9.89. The number of para-hydroxylation sites is 1. The van der Waals surface area contributed by atoms with Crippen LogP contribution >= 0.6 is 0 Å². The summed E-state index contributed by atoms with van der Waals surface area (Å²) in [5.41, 5.74) is 1.94. The number of amides is 2. The standard InChI is InChI=1S/C18H27N3O2/c1-3-15-6-4-5-7-16(15)19-17(22)21-12-13-23-18(14-21)8-10-20(2)11-9-18/h4-7H,3,8-14H2,1-2H3,(H,19,22). The highest BCUT2D eigenvalue weighted by atomic mass is 16.5. The Morgan fingerprint density at radius 1 is 1.26 bits per heavy atom. The zero-order chi connectivity index (χ0) is 16.3. The third kappa shape index (κ3) is 3.67. The number of nitrogens with zero attached hydrogens (tertiary/aromatic N) is 2. The van der Waals surface area contributed by atoms with E-state index < -0.39 is 0 Å². The number of carbonyl (C=O) groups is 1. The Kier molecular flexibility index (Phi) is 4.87. The Balaban J connectivity index is 1.65. The van der Waals surface area contributed by atoms with Crippen molar-refractivity contribution in [3.8, 4) is 0 Å². The maximum atomic E-state index is 12.7. The molecule has 0 aliphatic carbocycles. The number of nitrogens with one attached hydrogen (secondary N) is 1. The minimum Gasteiger partial charge on any atom is -0.371 e. The van der Waals surface area contributed by atoms with Gasteiger partial charge in [0.1, 0.15) is 0 Å². The number of benzene rings is 1. The molecule has 0 atom stereocenters. The summed E-state index contributed by atoms with van der Waals surface area (Å²) in [6.45, 7) is 6.17. The molecule has 0 unspecified atom stereocenters. The van der Waals surface area contributed by atoms with Gasteiger partial charge in [0.15, 0.2) is 0 Å². The van der Waals surface area contributed by atoms with Crippen LogP contribution in [-0.4, -0.2) is 61.3 Å². The highest BCUT2D eigenvalue weighted by Crippen LogP contribution is 2.30. The van der Waals surface area contributed by atoms with Crippen LogP contribution in [0, 0.1) is 0 Å². The van der Waals surface area contributed by atoms with E-state index in [1.165, 1.54) is 5.56 Å². The third-order valence-corrected chi connectivity index (χ3v) is 5.07. The van der Waals surface area contributed by atoms with Crippen LogP contribution in [0.1, 0.15) is 25.3 Å². The highest BCUT2D eigenvalue weighted by molar-refractivity contribution is 5.90. The van der Waals surface area contributed by atoms with Crippen molar-refractivity contribution in [2.24, 2.45) is 0 Å². The third-order valence-electron chi connectivity index (χ3n) is 5.07. The van der Waals surface area contributed by atoms with Crippen molar-refractivity contribution in [1.82, 2.24) is 9.80 Å². The molecule has 1 aromatic rings. The molecule has 0 bridgehead atoms. The fraction of sp³-hybridized carbons (Fsp3) is 0.611. The van der Waals surface area contributed by atoms with Gasteiger partial charge in [-0.25, -0.2) is 4.79 Å². The molecule has 126 valence electrons. The molecule has 2 aliphatic rings. The SMILES string of the molecule is CCc1ccccc1NC(=O)N1CCOC2(CCN(C)CC2)C1. The van der Waals surface area contributed by atoms with Crippen LogP contribution < -0.4 is 5.32 Å². The zero-order valence-corrected chi connectivity index (χ0v) is 14.2. The molecule has 2 amide bonds. The summed E-state index contributed by atoms with van der Waals surface area (Å²) >= 11 is 0. The molecule has 0 radical (unpaired) electrons. The lowest BCUT2D eigenvalue weighted by Crippen LogP contribution is -2.58. The minimum atomic E-state index is -0.146. The van der Waals surface area contributed by atoms with E-state index in [1.807, 2.05) is 23.1 Å². The number of anilines is 1. The second-order valence-electron chi connectivity index (χ2n) is 6.70. The van der Waals surface area contributed by atoms with E-state index in [4.69, 9.17) is 4.74 Å². The monoisotopic (exact) mass is 317 g/mol. The Hall–Kier alpha value is -1.59. The molecule has 1 aromatic carbocycles. The van der Waals surface area contributed by atoms with Gasteiger partial charge in [0, 0.05) is 25.3 Å². The van der Waals surface area contributed by atoms with E-state index in [-0.39, 0.29) is 11.6 Å². The first kappa shape index (κ1) is 16.3. The van der Waals surface area contributed by atoms with Gasteiger partial charge in [-0.1, -0.05) is 25.1 Å². The number of carbonyl (C=O) groups excluding carboxylic acids is 1. The summed E-state index contributed by atoms with van der Waals surface area (Å²) in [6, 6.07) is 8.01. The van der Waals surface area contributed by atoms with Gasteiger partial charge >= 0.3 is 6.03 Å². The summed E-state index contributed by atoms with van der Waals surface area (Å²) in [5.74, 6) is 0. The molecule has 3 rings (SSSR count). The van der Waals surface area contributed by atoms with Crippen LogP contribution in [0.25, 0.3) is 0 Å². The number of hydrogen-bond donors (Lipinski definition) is 1. The van der Waals surface area contributed by atoms with E-state index in [0.29, 0.717) is 19.7 Å². The average molecular weight is 317 g/mol. The Morgan fingerprint density at radius 3 is 2.74 bits per heavy atom.